The van der Waals surface area contributed by atoms with Gasteiger partial charge in [-0.2, -0.15) is 0 Å². The fourth-order valence-electron chi connectivity index (χ4n) is 3.16. The highest BCUT2D eigenvalue weighted by atomic mass is 14.6. The zero-order valence-corrected chi connectivity index (χ0v) is 13.1. The molecule has 1 aliphatic rings. The molecule has 2 aromatic carbocycles. The Hall–Kier alpha value is -1.60. The topological polar surface area (TPSA) is 26.0 Å². The molecule has 110 valence electrons. The highest BCUT2D eigenvalue weighted by Gasteiger charge is 2.20. The average molecular weight is 279 g/mol. The molecule has 2 aromatic rings. The van der Waals surface area contributed by atoms with Crippen molar-refractivity contribution in [2.75, 3.05) is 0 Å². The second-order valence-electron chi connectivity index (χ2n) is 6.54. The van der Waals surface area contributed by atoms with Gasteiger partial charge in [-0.1, -0.05) is 54.4 Å². The molecule has 0 bridgehead atoms. The Morgan fingerprint density at radius 3 is 2.62 bits per heavy atom. The number of aryl methyl sites for hydroxylation is 2. The molecule has 1 unspecified atom stereocenters. The first-order valence-corrected chi connectivity index (χ1v) is 8.05. The van der Waals surface area contributed by atoms with Crippen molar-refractivity contribution in [2.24, 2.45) is 5.73 Å². The molecule has 1 nitrogen and oxygen atoms in total. The lowest BCUT2D eigenvalue weighted by atomic mass is 9.79. The van der Waals surface area contributed by atoms with Crippen LogP contribution in [0.5, 0.6) is 0 Å². The van der Waals surface area contributed by atoms with E-state index in [-0.39, 0.29) is 6.04 Å². The van der Waals surface area contributed by atoms with Crippen LogP contribution >= 0.6 is 0 Å². The highest BCUT2D eigenvalue weighted by molar-refractivity contribution is 5.34. The molecule has 0 radical (unpaired) electrons. The van der Waals surface area contributed by atoms with Gasteiger partial charge in [0.05, 0.1) is 0 Å². The van der Waals surface area contributed by atoms with Crippen molar-refractivity contribution < 1.29 is 0 Å². The van der Waals surface area contributed by atoms with Gasteiger partial charge in [-0.3, -0.25) is 0 Å². The molecular weight excluding hydrogens is 254 g/mol. The minimum atomic E-state index is 0.0885. The van der Waals surface area contributed by atoms with Gasteiger partial charge >= 0.3 is 0 Å². The zero-order valence-electron chi connectivity index (χ0n) is 13.1. The van der Waals surface area contributed by atoms with Crippen molar-refractivity contribution in [1.82, 2.24) is 0 Å². The molecule has 21 heavy (non-hydrogen) atoms. The summed E-state index contributed by atoms with van der Waals surface area (Å²) in [6.07, 6.45) is 4.98. The molecular formula is C20H25N. The SMILES string of the molecule is Cc1ccc(C)c(CC(N)c2cccc(C3CCC3)c2)c1. The van der Waals surface area contributed by atoms with Gasteiger partial charge in [0.15, 0.2) is 0 Å². The Bertz CT molecular complexity index is 625. The van der Waals surface area contributed by atoms with Crippen LogP contribution in [0.1, 0.15) is 59.0 Å². The van der Waals surface area contributed by atoms with E-state index in [1.165, 1.54) is 47.1 Å². The van der Waals surface area contributed by atoms with Crippen molar-refractivity contribution in [2.45, 2.75) is 51.5 Å². The van der Waals surface area contributed by atoms with Crippen molar-refractivity contribution in [3.05, 3.63) is 70.3 Å². The van der Waals surface area contributed by atoms with Crippen LogP contribution in [0.3, 0.4) is 0 Å². The largest absolute Gasteiger partial charge is 0.324 e. The standard InChI is InChI=1S/C20H25N/c1-14-9-10-15(2)19(11-14)13-20(21)18-8-4-7-17(12-18)16-5-3-6-16/h4,7-12,16,20H,3,5-6,13,21H2,1-2H3. The van der Waals surface area contributed by atoms with Gasteiger partial charge in [-0.05, 0) is 61.3 Å². The van der Waals surface area contributed by atoms with Crippen LogP contribution in [-0.4, -0.2) is 0 Å². The van der Waals surface area contributed by atoms with Gasteiger partial charge in [-0.15, -0.1) is 0 Å². The van der Waals surface area contributed by atoms with Crippen LogP contribution in [0.25, 0.3) is 0 Å². The number of nitrogens with two attached hydrogens (primary N) is 1. The summed E-state index contributed by atoms with van der Waals surface area (Å²) in [5, 5.41) is 0. The minimum absolute atomic E-state index is 0.0885. The van der Waals surface area contributed by atoms with E-state index < -0.39 is 0 Å². The predicted octanol–water partition coefficient (Wildman–Crippen LogP) is 4.81. The lowest BCUT2D eigenvalue weighted by Crippen LogP contribution is -2.15. The molecule has 0 amide bonds. The summed E-state index contributed by atoms with van der Waals surface area (Å²) in [6.45, 7) is 4.32. The fourth-order valence-corrected chi connectivity index (χ4v) is 3.16. The Labute approximate surface area is 128 Å². The first kappa shape index (κ1) is 14.3. The predicted molar refractivity (Wildman–Crippen MR) is 89.6 cm³/mol. The first-order chi connectivity index (χ1) is 10.1. The second-order valence-corrected chi connectivity index (χ2v) is 6.54. The van der Waals surface area contributed by atoms with Gasteiger partial charge in [0.1, 0.15) is 0 Å². The van der Waals surface area contributed by atoms with E-state index in [1.807, 2.05) is 0 Å². The van der Waals surface area contributed by atoms with Crippen LogP contribution in [-0.2, 0) is 6.42 Å². The maximum atomic E-state index is 6.47. The zero-order chi connectivity index (χ0) is 14.8. The fraction of sp³-hybridized carbons (Fsp3) is 0.400. The minimum Gasteiger partial charge on any atom is -0.324 e. The summed E-state index contributed by atoms with van der Waals surface area (Å²) < 4.78 is 0. The first-order valence-electron chi connectivity index (χ1n) is 8.05. The molecule has 1 fully saturated rings. The van der Waals surface area contributed by atoms with Crippen LogP contribution in [0, 0.1) is 13.8 Å². The molecule has 0 aromatic heterocycles. The van der Waals surface area contributed by atoms with E-state index in [0.717, 1.165) is 12.3 Å². The average Bonchev–Trinajstić information content (AvgIpc) is 2.41. The van der Waals surface area contributed by atoms with E-state index in [9.17, 15) is 0 Å². The third kappa shape index (κ3) is 3.19. The lowest BCUT2D eigenvalue weighted by Gasteiger charge is -2.26. The molecule has 0 aliphatic heterocycles. The smallest absolute Gasteiger partial charge is 0.0335 e. The lowest BCUT2D eigenvalue weighted by molar-refractivity contribution is 0.419. The number of hydrogen-bond donors (Lipinski definition) is 1. The van der Waals surface area contributed by atoms with Crippen LogP contribution in [0.4, 0.5) is 0 Å². The summed E-state index contributed by atoms with van der Waals surface area (Å²) in [7, 11) is 0. The molecule has 1 aliphatic carbocycles. The highest BCUT2D eigenvalue weighted by Crippen LogP contribution is 2.37. The second kappa shape index (κ2) is 6.03. The molecule has 0 saturated heterocycles. The molecule has 1 heteroatoms. The van der Waals surface area contributed by atoms with Crippen molar-refractivity contribution >= 4 is 0 Å². The van der Waals surface area contributed by atoms with E-state index in [1.54, 1.807) is 0 Å². The molecule has 3 rings (SSSR count). The summed E-state index contributed by atoms with van der Waals surface area (Å²) in [4.78, 5) is 0. The number of benzene rings is 2. The van der Waals surface area contributed by atoms with Gasteiger partial charge < -0.3 is 5.73 Å². The molecule has 2 N–H and O–H groups in total. The summed E-state index contributed by atoms with van der Waals surface area (Å²) >= 11 is 0. The van der Waals surface area contributed by atoms with Crippen molar-refractivity contribution in [3.8, 4) is 0 Å². The number of rotatable bonds is 4. The summed E-state index contributed by atoms with van der Waals surface area (Å²) in [6, 6.07) is 15.7. The number of hydrogen-bond acceptors (Lipinski definition) is 1. The van der Waals surface area contributed by atoms with Crippen LogP contribution in [0.15, 0.2) is 42.5 Å². The van der Waals surface area contributed by atoms with E-state index in [0.29, 0.717) is 0 Å². The third-order valence-corrected chi connectivity index (χ3v) is 4.86. The molecule has 1 atom stereocenters. The molecule has 1 saturated carbocycles. The van der Waals surface area contributed by atoms with E-state index in [2.05, 4.69) is 56.3 Å². The Kier molecular flexibility index (Phi) is 4.12. The Morgan fingerprint density at radius 2 is 1.90 bits per heavy atom. The summed E-state index contributed by atoms with van der Waals surface area (Å²) in [5.74, 6) is 0.776. The normalized spacial score (nSPS) is 16.5. The maximum Gasteiger partial charge on any atom is 0.0335 e. The van der Waals surface area contributed by atoms with Crippen LogP contribution < -0.4 is 5.73 Å². The monoisotopic (exact) mass is 279 g/mol. The van der Waals surface area contributed by atoms with Gasteiger partial charge in [0.25, 0.3) is 0 Å². The quantitative estimate of drug-likeness (QED) is 0.853. The van der Waals surface area contributed by atoms with Gasteiger partial charge in [0.2, 0.25) is 0 Å². The Balaban J connectivity index is 1.78. The van der Waals surface area contributed by atoms with Gasteiger partial charge in [-0.25, -0.2) is 0 Å². The molecule has 0 spiro atoms. The van der Waals surface area contributed by atoms with E-state index >= 15 is 0 Å². The van der Waals surface area contributed by atoms with Crippen LogP contribution in [0.2, 0.25) is 0 Å². The third-order valence-electron chi connectivity index (χ3n) is 4.86. The Morgan fingerprint density at radius 1 is 1.10 bits per heavy atom. The van der Waals surface area contributed by atoms with Crippen molar-refractivity contribution in [1.29, 1.82) is 0 Å². The van der Waals surface area contributed by atoms with Gasteiger partial charge in [0, 0.05) is 6.04 Å². The summed E-state index contributed by atoms with van der Waals surface area (Å²) in [5.41, 5.74) is 13.3. The van der Waals surface area contributed by atoms with Crippen molar-refractivity contribution in [3.63, 3.8) is 0 Å². The molecule has 0 heterocycles. The van der Waals surface area contributed by atoms with E-state index in [4.69, 9.17) is 5.73 Å². The maximum absolute atomic E-state index is 6.47.